The minimum Gasteiger partial charge on any atom is -0.496 e. The van der Waals surface area contributed by atoms with Crippen LogP contribution in [-0.4, -0.2) is 58.3 Å². The smallest absolute Gasteiger partial charge is 0.224 e. The van der Waals surface area contributed by atoms with E-state index in [1.54, 1.807) is 21.3 Å². The summed E-state index contributed by atoms with van der Waals surface area (Å²) in [6, 6.07) is 3.78. The van der Waals surface area contributed by atoms with E-state index < -0.39 is 0 Å². The molecule has 148 valence electrons. The highest BCUT2D eigenvalue weighted by Gasteiger charge is 2.26. The second kappa shape index (κ2) is 11.1. The molecule has 2 rings (SSSR count). The molecule has 1 unspecified atom stereocenters. The van der Waals surface area contributed by atoms with Crippen molar-refractivity contribution in [3.63, 3.8) is 0 Å². The maximum absolute atomic E-state index is 12.2. The Morgan fingerprint density at radius 1 is 1.19 bits per heavy atom. The number of piperidine rings is 1. The van der Waals surface area contributed by atoms with Gasteiger partial charge in [-0.3, -0.25) is 9.69 Å². The fourth-order valence-corrected chi connectivity index (χ4v) is 3.21. The Labute approximate surface area is 161 Å². The van der Waals surface area contributed by atoms with E-state index in [1.807, 2.05) is 12.1 Å². The third-order valence-corrected chi connectivity index (χ3v) is 4.50. The van der Waals surface area contributed by atoms with E-state index in [-0.39, 0.29) is 24.2 Å². The van der Waals surface area contributed by atoms with Crippen LogP contribution >= 0.6 is 12.4 Å². The highest BCUT2D eigenvalue weighted by Crippen LogP contribution is 2.35. The lowest BCUT2D eigenvalue weighted by Gasteiger charge is -2.32. The van der Waals surface area contributed by atoms with Gasteiger partial charge in [0, 0.05) is 37.8 Å². The Morgan fingerprint density at radius 2 is 1.85 bits per heavy atom. The zero-order chi connectivity index (χ0) is 18.2. The molecule has 1 aliphatic heterocycles. The fraction of sp³-hybridized carbons (Fsp3) is 0.611. The predicted octanol–water partition coefficient (Wildman–Crippen LogP) is 1.42. The van der Waals surface area contributed by atoms with Crippen molar-refractivity contribution in [2.45, 2.75) is 19.4 Å². The summed E-state index contributed by atoms with van der Waals surface area (Å²) >= 11 is 0. The van der Waals surface area contributed by atoms with E-state index in [2.05, 4.69) is 10.2 Å². The van der Waals surface area contributed by atoms with Crippen molar-refractivity contribution >= 4 is 18.3 Å². The number of halogens is 1. The summed E-state index contributed by atoms with van der Waals surface area (Å²) in [6.45, 7) is 3.38. The molecule has 0 bridgehead atoms. The van der Waals surface area contributed by atoms with Crippen molar-refractivity contribution in [3.05, 3.63) is 17.7 Å². The molecule has 8 heteroatoms. The fourth-order valence-electron chi connectivity index (χ4n) is 3.21. The van der Waals surface area contributed by atoms with Gasteiger partial charge in [-0.1, -0.05) is 0 Å². The number of carbonyl (C=O) groups excluding carboxylic acids is 1. The molecule has 26 heavy (non-hydrogen) atoms. The molecule has 3 N–H and O–H groups in total. The van der Waals surface area contributed by atoms with Crippen molar-refractivity contribution in [3.8, 4) is 17.2 Å². The van der Waals surface area contributed by atoms with Crippen LogP contribution in [0.15, 0.2) is 12.1 Å². The van der Waals surface area contributed by atoms with Crippen molar-refractivity contribution in [2.75, 3.05) is 47.5 Å². The summed E-state index contributed by atoms with van der Waals surface area (Å²) in [7, 11) is 4.86. The van der Waals surface area contributed by atoms with Crippen molar-refractivity contribution in [1.82, 2.24) is 10.2 Å². The summed E-state index contributed by atoms with van der Waals surface area (Å²) in [4.78, 5) is 14.5. The molecule has 0 radical (unpaired) electrons. The zero-order valence-corrected chi connectivity index (χ0v) is 16.6. The first-order chi connectivity index (χ1) is 12.1. The SMILES string of the molecule is COc1cc(OC)c(OC)cc1CN1CCCC(C(=O)NCCN)C1.Cl. The van der Waals surface area contributed by atoms with Crippen LogP contribution in [-0.2, 0) is 11.3 Å². The van der Waals surface area contributed by atoms with Gasteiger partial charge in [0.25, 0.3) is 0 Å². The van der Waals surface area contributed by atoms with Crippen LogP contribution in [0, 0.1) is 5.92 Å². The lowest BCUT2D eigenvalue weighted by atomic mass is 9.96. The van der Waals surface area contributed by atoms with Crippen molar-refractivity contribution < 1.29 is 19.0 Å². The van der Waals surface area contributed by atoms with Gasteiger partial charge in [-0.15, -0.1) is 12.4 Å². The van der Waals surface area contributed by atoms with E-state index in [4.69, 9.17) is 19.9 Å². The molecule has 1 atom stereocenters. The maximum Gasteiger partial charge on any atom is 0.224 e. The number of methoxy groups -OCH3 is 3. The maximum atomic E-state index is 12.2. The van der Waals surface area contributed by atoms with Gasteiger partial charge in [0.15, 0.2) is 11.5 Å². The molecule has 7 nitrogen and oxygen atoms in total. The van der Waals surface area contributed by atoms with E-state index in [0.717, 1.165) is 37.2 Å². The average molecular weight is 388 g/mol. The molecular formula is C18H30ClN3O4. The number of nitrogens with two attached hydrogens (primary N) is 1. The topological polar surface area (TPSA) is 86.0 Å². The summed E-state index contributed by atoms with van der Waals surface area (Å²) in [6.07, 6.45) is 1.91. The van der Waals surface area contributed by atoms with Crippen LogP contribution in [0.4, 0.5) is 0 Å². The summed E-state index contributed by atoms with van der Waals surface area (Å²) in [5.41, 5.74) is 6.47. The molecule has 1 aromatic carbocycles. The lowest BCUT2D eigenvalue weighted by Crippen LogP contribution is -2.43. The number of ether oxygens (including phenoxy) is 3. The minimum absolute atomic E-state index is 0. The molecule has 0 aliphatic carbocycles. The number of nitrogens with one attached hydrogen (secondary N) is 1. The Bertz CT molecular complexity index is 586. The van der Waals surface area contributed by atoms with Crippen LogP contribution < -0.4 is 25.3 Å². The van der Waals surface area contributed by atoms with Gasteiger partial charge in [-0.05, 0) is 25.5 Å². The Morgan fingerprint density at radius 3 is 2.46 bits per heavy atom. The van der Waals surface area contributed by atoms with Gasteiger partial charge in [-0.25, -0.2) is 0 Å². The Balaban J connectivity index is 0.00000338. The monoisotopic (exact) mass is 387 g/mol. The van der Waals surface area contributed by atoms with Crippen LogP contribution in [0.3, 0.4) is 0 Å². The minimum atomic E-state index is 0. The summed E-state index contributed by atoms with van der Waals surface area (Å²) < 4.78 is 16.2. The van der Waals surface area contributed by atoms with Crippen molar-refractivity contribution in [1.29, 1.82) is 0 Å². The first-order valence-electron chi connectivity index (χ1n) is 8.62. The first-order valence-corrected chi connectivity index (χ1v) is 8.62. The van der Waals surface area contributed by atoms with E-state index in [1.165, 1.54) is 0 Å². The van der Waals surface area contributed by atoms with Gasteiger partial charge in [0.2, 0.25) is 5.91 Å². The molecule has 1 amide bonds. The molecule has 1 heterocycles. The van der Waals surface area contributed by atoms with Crippen LogP contribution in [0.25, 0.3) is 0 Å². The normalized spacial score (nSPS) is 17.2. The second-order valence-corrected chi connectivity index (χ2v) is 6.17. The van der Waals surface area contributed by atoms with Gasteiger partial charge in [-0.2, -0.15) is 0 Å². The van der Waals surface area contributed by atoms with Gasteiger partial charge >= 0.3 is 0 Å². The lowest BCUT2D eigenvalue weighted by molar-refractivity contribution is -0.126. The predicted molar refractivity (Wildman–Crippen MR) is 103 cm³/mol. The van der Waals surface area contributed by atoms with Crippen LogP contribution in [0.2, 0.25) is 0 Å². The molecule has 1 saturated heterocycles. The summed E-state index contributed by atoms with van der Waals surface area (Å²) in [5, 5.41) is 2.89. The third kappa shape index (κ3) is 5.65. The molecule has 1 fully saturated rings. The van der Waals surface area contributed by atoms with Crippen LogP contribution in [0.1, 0.15) is 18.4 Å². The van der Waals surface area contributed by atoms with Crippen molar-refractivity contribution in [2.24, 2.45) is 11.7 Å². The third-order valence-electron chi connectivity index (χ3n) is 4.50. The number of hydrogen-bond donors (Lipinski definition) is 2. The molecule has 1 aromatic rings. The molecule has 1 aliphatic rings. The zero-order valence-electron chi connectivity index (χ0n) is 15.7. The molecular weight excluding hydrogens is 358 g/mol. The highest BCUT2D eigenvalue weighted by atomic mass is 35.5. The summed E-state index contributed by atoms with van der Waals surface area (Å²) in [5.74, 6) is 2.17. The van der Waals surface area contributed by atoms with E-state index >= 15 is 0 Å². The number of carbonyl (C=O) groups is 1. The first kappa shape index (κ1) is 22.3. The van der Waals surface area contributed by atoms with Gasteiger partial charge in [0.05, 0.1) is 27.2 Å². The van der Waals surface area contributed by atoms with Gasteiger partial charge in [0.1, 0.15) is 5.75 Å². The average Bonchev–Trinajstić information content (AvgIpc) is 2.65. The molecule has 0 aromatic heterocycles. The largest absolute Gasteiger partial charge is 0.496 e. The Hall–Kier alpha value is -1.70. The molecule has 0 spiro atoms. The number of rotatable bonds is 8. The highest BCUT2D eigenvalue weighted by molar-refractivity contribution is 5.85. The van der Waals surface area contributed by atoms with E-state index in [9.17, 15) is 4.79 Å². The number of likely N-dealkylation sites (tertiary alicyclic amines) is 1. The Kier molecular flexibility index (Phi) is 9.54. The standard InChI is InChI=1S/C18H29N3O4.ClH/c1-23-15-10-17(25-3)16(24-2)9-14(15)12-21-8-4-5-13(11-21)18(22)20-7-6-19;/h9-10,13H,4-8,11-12,19H2,1-3H3,(H,20,22);1H. The number of nitrogens with zero attached hydrogens (tertiary/aromatic N) is 1. The van der Waals surface area contributed by atoms with E-state index in [0.29, 0.717) is 31.1 Å². The number of benzene rings is 1. The quantitative estimate of drug-likeness (QED) is 0.701. The number of hydrogen-bond acceptors (Lipinski definition) is 6. The number of amides is 1. The molecule has 0 saturated carbocycles. The second-order valence-electron chi connectivity index (χ2n) is 6.17. The van der Waals surface area contributed by atoms with Crippen LogP contribution in [0.5, 0.6) is 17.2 Å². The van der Waals surface area contributed by atoms with Gasteiger partial charge < -0.3 is 25.3 Å².